The number of halogens is 2. The summed E-state index contributed by atoms with van der Waals surface area (Å²) in [6, 6.07) is 2.83. The Balaban J connectivity index is 2.08. The topological polar surface area (TPSA) is 71.5 Å². The van der Waals surface area contributed by atoms with Gasteiger partial charge in [-0.25, -0.2) is 14.3 Å². The van der Waals surface area contributed by atoms with Crippen LogP contribution in [0.25, 0.3) is 5.57 Å². The van der Waals surface area contributed by atoms with Gasteiger partial charge in [0.15, 0.2) is 6.79 Å². The highest BCUT2D eigenvalue weighted by molar-refractivity contribution is 9.10. The molecule has 2 aliphatic rings. The molecule has 7 nitrogen and oxygen atoms in total. The summed E-state index contributed by atoms with van der Waals surface area (Å²) in [6.45, 7) is 2.59. The van der Waals surface area contributed by atoms with Crippen molar-refractivity contribution in [2.45, 2.75) is 25.3 Å². The van der Waals surface area contributed by atoms with E-state index in [2.05, 4.69) is 15.9 Å². The summed E-state index contributed by atoms with van der Waals surface area (Å²) in [5.74, 6) is -0.976. The molecule has 1 N–H and O–H groups in total. The monoisotopic (exact) mass is 444 g/mol. The average Bonchev–Trinajstić information content (AvgIpc) is 2.84. The van der Waals surface area contributed by atoms with Gasteiger partial charge in [0.1, 0.15) is 17.1 Å². The van der Waals surface area contributed by atoms with Crippen molar-refractivity contribution in [3.63, 3.8) is 0 Å². The zero-order chi connectivity index (χ0) is 19.8. The van der Waals surface area contributed by atoms with E-state index < -0.39 is 17.3 Å². The van der Waals surface area contributed by atoms with Crippen molar-refractivity contribution in [3.05, 3.63) is 39.3 Å². The normalized spacial score (nSPS) is 20.2. The van der Waals surface area contributed by atoms with Crippen molar-refractivity contribution in [2.24, 2.45) is 0 Å². The van der Waals surface area contributed by atoms with E-state index >= 15 is 0 Å². The maximum atomic E-state index is 13.8. The molecular formula is C18H22BrFN2O5. The number of benzene rings is 1. The molecule has 1 amide bonds. The van der Waals surface area contributed by atoms with E-state index in [9.17, 15) is 14.3 Å². The molecule has 1 spiro atoms. The van der Waals surface area contributed by atoms with E-state index in [0.29, 0.717) is 37.1 Å². The molecule has 0 bridgehead atoms. The first-order valence-electron chi connectivity index (χ1n) is 8.51. The third kappa shape index (κ3) is 3.38. The largest absolute Gasteiger partial charge is 0.509 e. The number of aliphatic hydroxyl groups is 1. The molecule has 2 aliphatic heterocycles. The zero-order valence-electron chi connectivity index (χ0n) is 15.4. The molecule has 0 atom stereocenters. The van der Waals surface area contributed by atoms with Gasteiger partial charge in [-0.2, -0.15) is 5.06 Å². The Morgan fingerprint density at radius 2 is 1.96 bits per heavy atom. The van der Waals surface area contributed by atoms with Crippen LogP contribution in [0.4, 0.5) is 4.39 Å². The van der Waals surface area contributed by atoms with Crippen LogP contribution in [0, 0.1) is 12.7 Å². The molecule has 27 heavy (non-hydrogen) atoms. The molecule has 0 aliphatic carbocycles. The molecule has 3 rings (SSSR count). The molecule has 0 saturated carbocycles. The van der Waals surface area contributed by atoms with Crippen molar-refractivity contribution >= 4 is 27.4 Å². The molecule has 9 heteroatoms. The first-order chi connectivity index (χ1) is 12.9. The van der Waals surface area contributed by atoms with Gasteiger partial charge in [0.25, 0.3) is 5.91 Å². The highest BCUT2D eigenvalue weighted by Gasteiger charge is 2.55. The molecule has 0 radical (unpaired) electrons. The minimum Gasteiger partial charge on any atom is -0.509 e. The standard InChI is InChI=1S/C18H22BrFN2O5/c1-11-8-14(20)13(19)9-12(11)15-16(23)18(4-6-21(26-3)7-5-18)22(17(15)24)27-10-25-2/h8-9,23H,4-7,10H2,1-3H3. The van der Waals surface area contributed by atoms with Crippen LogP contribution >= 0.6 is 15.9 Å². The fraction of sp³-hybridized carbons (Fsp3) is 0.500. The summed E-state index contributed by atoms with van der Waals surface area (Å²) in [7, 11) is 3.04. The van der Waals surface area contributed by atoms with Crippen LogP contribution < -0.4 is 0 Å². The highest BCUT2D eigenvalue weighted by Crippen LogP contribution is 2.46. The van der Waals surface area contributed by atoms with Crippen molar-refractivity contribution in [3.8, 4) is 0 Å². The van der Waals surface area contributed by atoms with Crippen LogP contribution in [-0.4, -0.2) is 60.8 Å². The molecule has 1 fully saturated rings. The van der Waals surface area contributed by atoms with Gasteiger partial charge >= 0.3 is 0 Å². The number of amides is 1. The summed E-state index contributed by atoms with van der Waals surface area (Å²) in [5, 5.41) is 14.1. The van der Waals surface area contributed by atoms with Gasteiger partial charge in [0.2, 0.25) is 0 Å². The smallest absolute Gasteiger partial charge is 0.282 e. The lowest BCUT2D eigenvalue weighted by atomic mass is 9.85. The van der Waals surface area contributed by atoms with Crippen molar-refractivity contribution < 1.29 is 28.7 Å². The third-order valence-electron chi connectivity index (χ3n) is 5.11. The Kier molecular flexibility index (Phi) is 5.87. The summed E-state index contributed by atoms with van der Waals surface area (Å²) >= 11 is 3.15. The summed E-state index contributed by atoms with van der Waals surface area (Å²) < 4.78 is 19.0. The Bertz CT molecular complexity index is 777. The van der Waals surface area contributed by atoms with Gasteiger partial charge in [-0.05, 0) is 59.0 Å². The SMILES string of the molecule is COCON1C(=O)C(c2cc(Br)c(F)cc2C)=C(O)C12CCN(OC)CC2. The second-order valence-corrected chi connectivity index (χ2v) is 7.44. The zero-order valence-corrected chi connectivity index (χ0v) is 17.0. The van der Waals surface area contributed by atoms with Gasteiger partial charge in [-0.15, -0.1) is 0 Å². The average molecular weight is 445 g/mol. The third-order valence-corrected chi connectivity index (χ3v) is 5.72. The Labute approximate surface area is 165 Å². The van der Waals surface area contributed by atoms with E-state index in [1.165, 1.54) is 24.3 Å². The first-order valence-corrected chi connectivity index (χ1v) is 9.30. The Morgan fingerprint density at radius 1 is 1.30 bits per heavy atom. The molecule has 0 unspecified atom stereocenters. The number of hydrogen-bond donors (Lipinski definition) is 1. The number of nitrogens with zero attached hydrogens (tertiary/aromatic N) is 2. The maximum absolute atomic E-state index is 13.8. The lowest BCUT2D eigenvalue weighted by Crippen LogP contribution is -2.55. The van der Waals surface area contributed by atoms with Crippen LogP contribution in [0.15, 0.2) is 22.4 Å². The second kappa shape index (κ2) is 7.84. The van der Waals surface area contributed by atoms with Gasteiger partial charge in [-0.1, -0.05) is 0 Å². The van der Waals surface area contributed by atoms with Crippen molar-refractivity contribution in [1.29, 1.82) is 0 Å². The number of carbonyl (C=O) groups excluding carboxylic acids is 1. The van der Waals surface area contributed by atoms with Crippen LogP contribution in [0.5, 0.6) is 0 Å². The van der Waals surface area contributed by atoms with Crippen LogP contribution in [-0.2, 0) is 19.2 Å². The van der Waals surface area contributed by atoms with E-state index in [0.717, 1.165) is 0 Å². The molecule has 2 heterocycles. The fourth-order valence-corrected chi connectivity index (χ4v) is 3.99. The van der Waals surface area contributed by atoms with Crippen LogP contribution in [0.2, 0.25) is 0 Å². The molecule has 148 valence electrons. The lowest BCUT2D eigenvalue weighted by Gasteiger charge is -2.42. The predicted octanol–water partition coefficient (Wildman–Crippen LogP) is 2.94. The number of hydrogen-bond acceptors (Lipinski definition) is 6. The van der Waals surface area contributed by atoms with Gasteiger partial charge in [-0.3, -0.25) is 4.79 Å². The number of hydroxylamine groups is 4. The number of rotatable bonds is 5. The molecule has 1 saturated heterocycles. The fourth-order valence-electron chi connectivity index (χ4n) is 3.65. The maximum Gasteiger partial charge on any atom is 0.282 e. The second-order valence-electron chi connectivity index (χ2n) is 6.58. The van der Waals surface area contributed by atoms with Crippen molar-refractivity contribution in [2.75, 3.05) is 34.1 Å². The molecule has 1 aromatic carbocycles. The van der Waals surface area contributed by atoms with Crippen LogP contribution in [0.1, 0.15) is 24.0 Å². The van der Waals surface area contributed by atoms with Gasteiger partial charge < -0.3 is 14.7 Å². The van der Waals surface area contributed by atoms with E-state index in [-0.39, 0.29) is 22.6 Å². The van der Waals surface area contributed by atoms with E-state index in [1.807, 2.05) is 0 Å². The lowest BCUT2D eigenvalue weighted by molar-refractivity contribution is -0.259. The van der Waals surface area contributed by atoms with Gasteiger partial charge in [0.05, 0.1) is 17.2 Å². The van der Waals surface area contributed by atoms with Gasteiger partial charge in [0, 0.05) is 20.2 Å². The number of aryl methyl sites for hydroxylation is 1. The molecule has 1 aromatic rings. The Hall–Kier alpha value is -1.52. The predicted molar refractivity (Wildman–Crippen MR) is 98.7 cm³/mol. The number of piperidine rings is 1. The Morgan fingerprint density at radius 3 is 2.56 bits per heavy atom. The number of methoxy groups -OCH3 is 1. The molecule has 0 aromatic heterocycles. The minimum absolute atomic E-state index is 0.0686. The summed E-state index contributed by atoms with van der Waals surface area (Å²) in [4.78, 5) is 24.0. The van der Waals surface area contributed by atoms with Crippen LogP contribution in [0.3, 0.4) is 0 Å². The highest BCUT2D eigenvalue weighted by atomic mass is 79.9. The number of ether oxygens (including phenoxy) is 1. The molecular weight excluding hydrogens is 423 g/mol. The van der Waals surface area contributed by atoms with Crippen molar-refractivity contribution in [1.82, 2.24) is 10.1 Å². The number of aliphatic hydroxyl groups excluding tert-OH is 1. The van der Waals surface area contributed by atoms with E-state index in [4.69, 9.17) is 14.4 Å². The minimum atomic E-state index is -1.01. The van der Waals surface area contributed by atoms with E-state index in [1.54, 1.807) is 19.1 Å². The quantitative estimate of drug-likeness (QED) is 0.703. The first kappa shape index (κ1) is 20.2. The number of carbonyl (C=O) groups is 1. The summed E-state index contributed by atoms with van der Waals surface area (Å²) in [6.07, 6.45) is 0.847. The summed E-state index contributed by atoms with van der Waals surface area (Å²) in [5.41, 5.74) is 0.120.